The summed E-state index contributed by atoms with van der Waals surface area (Å²) in [5.41, 5.74) is 1.37. The molecule has 8 heteroatoms. The van der Waals surface area contributed by atoms with Gasteiger partial charge in [-0.25, -0.2) is 8.42 Å². The Hall–Kier alpha value is -2.25. The van der Waals surface area contributed by atoms with Gasteiger partial charge in [0.25, 0.3) is 5.91 Å². The molecule has 0 spiro atoms. The van der Waals surface area contributed by atoms with E-state index in [0.717, 1.165) is 6.42 Å². The van der Waals surface area contributed by atoms with Crippen molar-refractivity contribution >= 4 is 38.9 Å². The Bertz CT molecular complexity index is 931. The highest BCUT2D eigenvalue weighted by molar-refractivity contribution is 7.92. The summed E-state index contributed by atoms with van der Waals surface area (Å²) in [5.74, 6) is 0.400. The van der Waals surface area contributed by atoms with Crippen LogP contribution in [-0.4, -0.2) is 33.7 Å². The fourth-order valence-corrected chi connectivity index (χ4v) is 4.80. The summed E-state index contributed by atoms with van der Waals surface area (Å²) in [4.78, 5) is 12.4. The van der Waals surface area contributed by atoms with Crippen molar-refractivity contribution in [1.29, 1.82) is 0 Å². The Balaban J connectivity index is 1.80. The lowest BCUT2D eigenvalue weighted by Crippen LogP contribution is -2.38. The van der Waals surface area contributed by atoms with Gasteiger partial charge in [-0.05, 0) is 49.2 Å². The van der Waals surface area contributed by atoms with E-state index >= 15 is 0 Å². The first-order valence-electron chi connectivity index (χ1n) is 8.16. The van der Waals surface area contributed by atoms with Crippen molar-refractivity contribution in [2.45, 2.75) is 12.8 Å². The third kappa shape index (κ3) is 3.94. The first-order chi connectivity index (χ1) is 12.4. The van der Waals surface area contributed by atoms with Crippen LogP contribution in [0.5, 0.6) is 5.75 Å². The average Bonchev–Trinajstić information content (AvgIpc) is 2.62. The molecular weight excluding hydrogens is 376 g/mol. The van der Waals surface area contributed by atoms with Crippen LogP contribution in [0.25, 0.3) is 0 Å². The number of carbonyl (C=O) groups excluding carboxylic acids is 1. The molecule has 1 aliphatic rings. The van der Waals surface area contributed by atoms with Gasteiger partial charge in [-0.3, -0.25) is 9.10 Å². The van der Waals surface area contributed by atoms with Gasteiger partial charge in [0.05, 0.1) is 23.6 Å². The zero-order valence-corrected chi connectivity index (χ0v) is 15.8. The maximum atomic E-state index is 12.4. The zero-order chi connectivity index (χ0) is 18.7. The van der Waals surface area contributed by atoms with Crippen molar-refractivity contribution in [2.75, 3.05) is 29.0 Å². The summed E-state index contributed by atoms with van der Waals surface area (Å²) < 4.78 is 30.9. The van der Waals surface area contributed by atoms with Crippen LogP contribution < -0.4 is 14.4 Å². The summed E-state index contributed by atoms with van der Waals surface area (Å²) in [6.07, 6.45) is 1.45. The summed E-state index contributed by atoms with van der Waals surface area (Å²) in [7, 11) is -1.81. The number of hydrogen-bond donors (Lipinski definition) is 1. The zero-order valence-electron chi connectivity index (χ0n) is 14.2. The van der Waals surface area contributed by atoms with Gasteiger partial charge in [0.1, 0.15) is 5.75 Å². The van der Waals surface area contributed by atoms with Gasteiger partial charge >= 0.3 is 0 Å². The third-order valence-corrected chi connectivity index (χ3v) is 6.31. The van der Waals surface area contributed by atoms with Crippen molar-refractivity contribution in [3.05, 3.63) is 53.1 Å². The number of sulfonamides is 1. The molecule has 1 fully saturated rings. The number of benzene rings is 2. The molecule has 6 nitrogen and oxygen atoms in total. The number of anilines is 2. The molecule has 1 heterocycles. The fourth-order valence-electron chi connectivity index (χ4n) is 2.81. The minimum atomic E-state index is -3.34. The minimum absolute atomic E-state index is 0.123. The number of hydrogen-bond acceptors (Lipinski definition) is 4. The second-order valence-corrected chi connectivity index (χ2v) is 8.37. The predicted molar refractivity (Wildman–Crippen MR) is 103 cm³/mol. The van der Waals surface area contributed by atoms with Crippen molar-refractivity contribution in [1.82, 2.24) is 0 Å². The standard InChI is InChI=1S/C18H19ClN2O4S/c1-25-15-6-4-5-13(11-15)18(22)20-14-7-8-17(16(19)12-14)21-9-2-3-10-26(21,23)24/h4-8,11-12H,2-3,9-10H2,1H3,(H,20,22). The van der Waals surface area contributed by atoms with Crippen LogP contribution in [0, 0.1) is 0 Å². The molecule has 138 valence electrons. The van der Waals surface area contributed by atoms with Crippen LogP contribution in [-0.2, 0) is 10.0 Å². The van der Waals surface area contributed by atoms with Crippen LogP contribution >= 0.6 is 11.6 Å². The molecule has 0 unspecified atom stereocenters. The van der Waals surface area contributed by atoms with E-state index in [1.165, 1.54) is 11.4 Å². The van der Waals surface area contributed by atoms with Gasteiger partial charge in [0.2, 0.25) is 10.0 Å². The van der Waals surface area contributed by atoms with E-state index in [4.69, 9.17) is 16.3 Å². The molecule has 0 aromatic heterocycles. The molecule has 1 amide bonds. The van der Waals surface area contributed by atoms with Crippen LogP contribution in [0.1, 0.15) is 23.2 Å². The SMILES string of the molecule is COc1cccc(C(=O)Nc2ccc(N3CCCCS3(=O)=O)c(Cl)c2)c1. The summed E-state index contributed by atoms with van der Waals surface area (Å²) in [6.45, 7) is 0.414. The molecule has 3 rings (SSSR count). The lowest BCUT2D eigenvalue weighted by atomic mass is 10.2. The van der Waals surface area contributed by atoms with Gasteiger partial charge in [-0.1, -0.05) is 17.7 Å². The lowest BCUT2D eigenvalue weighted by Gasteiger charge is -2.29. The normalized spacial score (nSPS) is 16.2. The second kappa shape index (κ2) is 7.55. The van der Waals surface area contributed by atoms with Crippen molar-refractivity contribution in [2.24, 2.45) is 0 Å². The van der Waals surface area contributed by atoms with Crippen molar-refractivity contribution in [3.63, 3.8) is 0 Å². The molecule has 1 saturated heterocycles. The number of ether oxygens (including phenoxy) is 1. The molecule has 0 saturated carbocycles. The molecule has 0 aliphatic carbocycles. The highest BCUT2D eigenvalue weighted by Gasteiger charge is 2.27. The highest BCUT2D eigenvalue weighted by Crippen LogP contribution is 2.33. The molecule has 1 N–H and O–H groups in total. The van der Waals surface area contributed by atoms with Gasteiger partial charge in [-0.15, -0.1) is 0 Å². The maximum Gasteiger partial charge on any atom is 0.255 e. The average molecular weight is 395 g/mol. The molecule has 2 aromatic carbocycles. The van der Waals surface area contributed by atoms with Crippen molar-refractivity contribution < 1.29 is 17.9 Å². The van der Waals surface area contributed by atoms with Gasteiger partial charge in [0, 0.05) is 17.8 Å². The quantitative estimate of drug-likeness (QED) is 0.860. The first-order valence-corrected chi connectivity index (χ1v) is 10.1. The Labute approximate surface area is 157 Å². The highest BCUT2D eigenvalue weighted by atomic mass is 35.5. The van der Waals surface area contributed by atoms with E-state index in [9.17, 15) is 13.2 Å². The van der Waals surface area contributed by atoms with Crippen LogP contribution in [0.2, 0.25) is 5.02 Å². The van der Waals surface area contributed by atoms with Gasteiger partial charge in [0.15, 0.2) is 0 Å². The molecule has 0 atom stereocenters. The molecule has 1 aliphatic heterocycles. The van der Waals surface area contributed by atoms with E-state index in [2.05, 4.69) is 5.32 Å². The van der Waals surface area contributed by atoms with Crippen LogP contribution in [0.4, 0.5) is 11.4 Å². The molecule has 0 radical (unpaired) electrons. The second-order valence-electron chi connectivity index (χ2n) is 5.95. The number of nitrogens with zero attached hydrogens (tertiary/aromatic N) is 1. The Morgan fingerprint density at radius 2 is 2.00 bits per heavy atom. The molecule has 2 aromatic rings. The number of halogens is 1. The Kier molecular flexibility index (Phi) is 5.38. The smallest absolute Gasteiger partial charge is 0.255 e. The maximum absolute atomic E-state index is 12.4. The number of rotatable bonds is 4. The third-order valence-electron chi connectivity index (χ3n) is 4.16. The molecular formula is C18H19ClN2O4S. The summed E-state index contributed by atoms with van der Waals surface area (Å²) in [6, 6.07) is 11.6. The first kappa shape index (κ1) is 18.5. The Morgan fingerprint density at radius 3 is 2.69 bits per heavy atom. The number of carbonyl (C=O) groups is 1. The number of amides is 1. The molecule has 26 heavy (non-hydrogen) atoms. The fraction of sp³-hybridized carbons (Fsp3) is 0.278. The number of methoxy groups -OCH3 is 1. The largest absolute Gasteiger partial charge is 0.497 e. The monoisotopic (exact) mass is 394 g/mol. The topological polar surface area (TPSA) is 75.7 Å². The lowest BCUT2D eigenvalue weighted by molar-refractivity contribution is 0.102. The van der Waals surface area contributed by atoms with Crippen LogP contribution in [0.3, 0.4) is 0 Å². The van der Waals surface area contributed by atoms with Gasteiger partial charge in [-0.2, -0.15) is 0 Å². The van der Waals surface area contributed by atoms with Gasteiger partial charge < -0.3 is 10.1 Å². The van der Waals surface area contributed by atoms with E-state index < -0.39 is 10.0 Å². The van der Waals surface area contributed by atoms with E-state index in [-0.39, 0.29) is 16.7 Å². The van der Waals surface area contributed by atoms with E-state index in [1.807, 2.05) is 0 Å². The Morgan fingerprint density at radius 1 is 1.19 bits per heavy atom. The van der Waals surface area contributed by atoms with Crippen LogP contribution in [0.15, 0.2) is 42.5 Å². The predicted octanol–water partition coefficient (Wildman–Crippen LogP) is 3.53. The summed E-state index contributed by atoms with van der Waals surface area (Å²) >= 11 is 6.29. The van der Waals surface area contributed by atoms with Crippen molar-refractivity contribution in [3.8, 4) is 5.75 Å². The minimum Gasteiger partial charge on any atom is -0.497 e. The van der Waals surface area contributed by atoms with E-state index in [0.29, 0.717) is 35.7 Å². The summed E-state index contributed by atoms with van der Waals surface area (Å²) in [5, 5.41) is 3.03. The van der Waals surface area contributed by atoms with E-state index in [1.54, 1.807) is 42.5 Å². The molecule has 0 bridgehead atoms. The number of nitrogens with one attached hydrogen (secondary N) is 1.